The van der Waals surface area contributed by atoms with Crippen LogP contribution in [-0.2, 0) is 20.8 Å². The van der Waals surface area contributed by atoms with Crippen LogP contribution in [0.3, 0.4) is 0 Å². The van der Waals surface area contributed by atoms with Crippen LogP contribution in [0.2, 0.25) is 0 Å². The molecule has 0 atom stereocenters. The molecular weight excluding hydrogens is 594 g/mol. The molecule has 0 spiro atoms. The molecule has 1 aliphatic rings. The number of hydrogen-bond acceptors (Lipinski definition) is 6. The van der Waals surface area contributed by atoms with Crippen molar-refractivity contribution in [3.63, 3.8) is 0 Å². The molecule has 0 unspecified atom stereocenters. The first-order valence-corrected chi connectivity index (χ1v) is 12.0. The van der Waals surface area contributed by atoms with Gasteiger partial charge in [0, 0.05) is 0 Å². The van der Waals surface area contributed by atoms with Gasteiger partial charge >= 0.3 is 0 Å². The van der Waals surface area contributed by atoms with Gasteiger partial charge in [-0.05, 0) is 0 Å². The Labute approximate surface area is 226 Å². The summed E-state index contributed by atoms with van der Waals surface area (Å²) < 4.78 is 65.7. The highest BCUT2D eigenvalue weighted by atomic mass is 35.5. The van der Waals surface area contributed by atoms with Crippen molar-refractivity contribution in [2.45, 2.75) is 0 Å². The molecule has 0 aromatic heterocycles. The SMILES string of the molecule is C1C[NH2+]CC[NH2+]CC[NH2+]CC[NH2+]CC[NH2+]CC[NH2+]1.O.O.O=S(=O)([O-])O.O=S(=O)([O-])O.[Cl-].[Cl-].[Cl-].[Cl-]. The van der Waals surface area contributed by atoms with Crippen LogP contribution in [0.1, 0.15) is 0 Å². The maximum absolute atomic E-state index is 8.63. The summed E-state index contributed by atoms with van der Waals surface area (Å²) in [6.45, 7) is 15.3. The molecular formula is C12H42Cl4N6O10S2. The van der Waals surface area contributed by atoms with E-state index in [0.717, 1.165) is 0 Å². The van der Waals surface area contributed by atoms with E-state index in [1.165, 1.54) is 78.5 Å². The third-order valence-corrected chi connectivity index (χ3v) is 3.45. The van der Waals surface area contributed by atoms with Crippen molar-refractivity contribution in [2.24, 2.45) is 0 Å². The Balaban J connectivity index is -0.0000000607. The summed E-state index contributed by atoms with van der Waals surface area (Å²) in [6, 6.07) is 0. The molecule has 0 aromatic rings. The highest BCUT2D eigenvalue weighted by molar-refractivity contribution is 7.80. The molecule has 0 radical (unpaired) electrons. The lowest BCUT2D eigenvalue weighted by Crippen LogP contribution is -3.04. The standard InChI is InChI=1S/C12H30N6.4ClH.2H2O4S.2H2O/c1-2-14-5-6-16-9-10-18-12-11-17-8-7-15-4-3-13-1;;;;;2*1-5(2,3)4;;/h13-18H,1-12H2;4*1H;2*(H2,1,2,3,4);2*1H2. The second-order valence-electron chi connectivity index (χ2n) is 6.05. The summed E-state index contributed by atoms with van der Waals surface area (Å²) in [5.74, 6) is 0. The van der Waals surface area contributed by atoms with Gasteiger partial charge < -0.3 is 102 Å². The van der Waals surface area contributed by atoms with E-state index in [9.17, 15) is 0 Å². The number of halogens is 4. The van der Waals surface area contributed by atoms with E-state index in [0.29, 0.717) is 0 Å². The minimum absolute atomic E-state index is 0. The van der Waals surface area contributed by atoms with E-state index in [-0.39, 0.29) is 60.6 Å². The molecule has 0 aromatic carbocycles. The first-order valence-electron chi connectivity index (χ1n) is 9.26. The van der Waals surface area contributed by atoms with Gasteiger partial charge in [0.05, 0.1) is 0 Å². The van der Waals surface area contributed by atoms with Crippen molar-refractivity contribution < 1.29 is 128 Å². The van der Waals surface area contributed by atoms with E-state index in [1.807, 2.05) is 0 Å². The van der Waals surface area contributed by atoms with Gasteiger partial charge in [0.25, 0.3) is 0 Å². The second-order valence-corrected chi connectivity index (χ2v) is 7.76. The largest absolute Gasteiger partial charge is 1.00 e. The zero-order valence-corrected chi connectivity index (χ0v) is 23.3. The maximum Gasteiger partial charge on any atom is 0.215 e. The number of quaternary nitrogens is 6. The maximum atomic E-state index is 8.63. The summed E-state index contributed by atoms with van der Waals surface area (Å²) in [5.41, 5.74) is 0. The number of hydrogen-bond donors (Lipinski definition) is 8. The molecule has 1 fully saturated rings. The number of nitrogens with two attached hydrogens (primary N) is 6. The van der Waals surface area contributed by atoms with Crippen LogP contribution in [-0.4, -0.2) is 125 Å². The molecule has 1 rings (SSSR count). The zero-order valence-electron chi connectivity index (χ0n) is 18.6. The van der Waals surface area contributed by atoms with E-state index in [1.54, 1.807) is 0 Å². The van der Waals surface area contributed by atoms with Crippen molar-refractivity contribution in [3.05, 3.63) is 0 Å². The van der Waals surface area contributed by atoms with E-state index in [4.69, 9.17) is 35.0 Å². The Morgan fingerprint density at radius 1 is 0.412 bits per heavy atom. The van der Waals surface area contributed by atoms with Crippen molar-refractivity contribution in [1.82, 2.24) is 0 Å². The first kappa shape index (κ1) is 55.2. The van der Waals surface area contributed by atoms with Crippen LogP contribution in [0, 0.1) is 0 Å². The van der Waals surface area contributed by atoms with Crippen molar-refractivity contribution >= 4 is 20.8 Å². The smallest absolute Gasteiger partial charge is 0.215 e. The summed E-state index contributed by atoms with van der Waals surface area (Å²) in [5, 5.41) is 14.7. The van der Waals surface area contributed by atoms with Gasteiger partial charge in [-0.25, -0.2) is 16.8 Å². The van der Waals surface area contributed by atoms with Crippen LogP contribution in [0.25, 0.3) is 0 Å². The molecule has 1 saturated heterocycles. The van der Waals surface area contributed by atoms with E-state index < -0.39 is 20.8 Å². The van der Waals surface area contributed by atoms with Gasteiger partial charge in [-0.3, -0.25) is 9.11 Å². The molecule has 0 amide bonds. The van der Waals surface area contributed by atoms with Gasteiger partial charge in [0.1, 0.15) is 78.5 Å². The Kier molecular flexibility index (Phi) is 61.9. The molecule has 22 heteroatoms. The molecule has 1 heterocycles. The zero-order chi connectivity index (χ0) is 21.7. The lowest BCUT2D eigenvalue weighted by molar-refractivity contribution is -0.787. The molecule has 34 heavy (non-hydrogen) atoms. The lowest BCUT2D eigenvalue weighted by atomic mass is 10.4. The van der Waals surface area contributed by atoms with Crippen LogP contribution in [0.15, 0.2) is 0 Å². The van der Waals surface area contributed by atoms with Gasteiger partial charge in [-0.1, -0.05) is 0 Å². The van der Waals surface area contributed by atoms with Crippen LogP contribution in [0.5, 0.6) is 0 Å². The predicted molar refractivity (Wildman–Crippen MR) is 102 cm³/mol. The molecule has 16 nitrogen and oxygen atoms in total. The summed E-state index contributed by atoms with van der Waals surface area (Å²) in [4.78, 5) is 0. The van der Waals surface area contributed by atoms with Gasteiger partial charge in [0.15, 0.2) is 0 Å². The second kappa shape index (κ2) is 38.1. The minimum atomic E-state index is -4.92. The molecule has 0 aliphatic carbocycles. The van der Waals surface area contributed by atoms with Crippen LogP contribution in [0.4, 0.5) is 0 Å². The fraction of sp³-hybridized carbons (Fsp3) is 1.00. The predicted octanol–water partition coefficient (Wildman–Crippen LogP) is -24.2. The molecule has 220 valence electrons. The van der Waals surface area contributed by atoms with Crippen molar-refractivity contribution in [2.75, 3.05) is 78.5 Å². The van der Waals surface area contributed by atoms with Gasteiger partial charge in [-0.2, -0.15) is 0 Å². The average Bonchev–Trinajstić information content (AvgIpc) is 2.52. The fourth-order valence-electron chi connectivity index (χ4n) is 2.28. The van der Waals surface area contributed by atoms with Gasteiger partial charge in [-0.15, -0.1) is 0 Å². The Morgan fingerprint density at radius 3 is 0.529 bits per heavy atom. The Morgan fingerprint density at radius 2 is 0.471 bits per heavy atom. The van der Waals surface area contributed by atoms with Crippen molar-refractivity contribution in [1.29, 1.82) is 0 Å². The topological polar surface area (TPSA) is 318 Å². The molecule has 18 N–H and O–H groups in total. The number of rotatable bonds is 0. The highest BCUT2D eigenvalue weighted by Crippen LogP contribution is 1.59. The summed E-state index contributed by atoms with van der Waals surface area (Å²) >= 11 is 0. The van der Waals surface area contributed by atoms with Gasteiger partial charge in [0.2, 0.25) is 20.8 Å². The third-order valence-electron chi connectivity index (χ3n) is 3.45. The normalized spacial score (nSPS) is 16.1. The molecule has 0 bridgehead atoms. The first-order chi connectivity index (χ1) is 13.0. The van der Waals surface area contributed by atoms with Crippen LogP contribution < -0.4 is 81.5 Å². The molecule has 0 saturated carbocycles. The highest BCUT2D eigenvalue weighted by Gasteiger charge is 2.00. The quantitative estimate of drug-likeness (QED) is 0.0930. The molecule has 1 aliphatic heterocycles. The summed E-state index contributed by atoms with van der Waals surface area (Å²) in [6.07, 6.45) is 0. The monoisotopic (exact) mass is 634 g/mol. The van der Waals surface area contributed by atoms with Crippen molar-refractivity contribution in [3.8, 4) is 0 Å². The Bertz CT molecular complexity index is 434. The average molecular weight is 636 g/mol. The van der Waals surface area contributed by atoms with E-state index in [2.05, 4.69) is 31.9 Å². The van der Waals surface area contributed by atoms with Crippen LogP contribution >= 0.6 is 0 Å². The van der Waals surface area contributed by atoms with E-state index >= 15 is 0 Å². The third kappa shape index (κ3) is 94.1. The minimum Gasteiger partial charge on any atom is -1.00 e. The Hall–Kier alpha value is 0.580. The lowest BCUT2D eigenvalue weighted by Gasteiger charge is -2.04. The fourth-order valence-corrected chi connectivity index (χ4v) is 2.28. The summed E-state index contributed by atoms with van der Waals surface area (Å²) in [7, 11) is -9.83.